The maximum Gasteiger partial charge on any atom is 0.267 e. The molecule has 88 valence electrons. The molecule has 3 N–H and O–H groups in total. The van der Waals surface area contributed by atoms with Crippen molar-refractivity contribution in [1.29, 1.82) is 0 Å². The molecule has 0 spiro atoms. The van der Waals surface area contributed by atoms with Gasteiger partial charge in [-0.2, -0.15) is 0 Å². The monoisotopic (exact) mass is 295 g/mol. The molecule has 0 fully saturated rings. The molecule has 0 amide bonds. The van der Waals surface area contributed by atoms with Crippen molar-refractivity contribution in [1.82, 2.24) is 14.5 Å². The smallest absolute Gasteiger partial charge is 0.267 e. The molecule has 0 aliphatic carbocycles. The highest BCUT2D eigenvalue weighted by atomic mass is 79.9. The van der Waals surface area contributed by atoms with E-state index in [1.807, 2.05) is 12.1 Å². The lowest BCUT2D eigenvalue weighted by atomic mass is 10.3. The molecule has 0 aliphatic heterocycles. The van der Waals surface area contributed by atoms with Gasteiger partial charge in [0.05, 0.1) is 18.6 Å². The number of pyridine rings is 1. The average molecular weight is 296 g/mol. The molecular weight excluding hydrogens is 286 g/mol. The second-order valence-electron chi connectivity index (χ2n) is 3.33. The van der Waals surface area contributed by atoms with Gasteiger partial charge in [0.25, 0.3) is 5.56 Å². The molecule has 0 saturated carbocycles. The van der Waals surface area contributed by atoms with Crippen LogP contribution >= 0.6 is 15.9 Å². The Balaban J connectivity index is 2.31. The lowest BCUT2D eigenvalue weighted by molar-refractivity contribution is 0.714. The number of anilines is 1. The Morgan fingerprint density at radius 1 is 1.47 bits per heavy atom. The van der Waals surface area contributed by atoms with E-state index in [9.17, 15) is 4.79 Å². The second kappa shape index (κ2) is 5.07. The minimum atomic E-state index is -0.145. The van der Waals surface area contributed by atoms with E-state index < -0.39 is 0 Å². The van der Waals surface area contributed by atoms with Crippen molar-refractivity contribution in [3.63, 3.8) is 0 Å². The Hall–Kier alpha value is -1.73. The molecule has 2 aromatic rings. The number of rotatable bonds is 3. The zero-order chi connectivity index (χ0) is 12.3. The second-order valence-corrected chi connectivity index (χ2v) is 4.19. The van der Waals surface area contributed by atoms with Crippen LogP contribution < -0.4 is 16.8 Å². The van der Waals surface area contributed by atoms with Crippen LogP contribution in [0.15, 0.2) is 40.0 Å². The number of hydrogen-bond acceptors (Lipinski definition) is 5. The van der Waals surface area contributed by atoms with E-state index >= 15 is 0 Å². The van der Waals surface area contributed by atoms with Crippen LogP contribution in [0.3, 0.4) is 0 Å². The van der Waals surface area contributed by atoms with E-state index in [0.29, 0.717) is 16.8 Å². The van der Waals surface area contributed by atoms with E-state index in [1.54, 1.807) is 6.07 Å². The molecule has 0 radical (unpaired) electrons. The van der Waals surface area contributed by atoms with Gasteiger partial charge in [-0.05, 0) is 28.1 Å². The summed E-state index contributed by atoms with van der Waals surface area (Å²) in [5.74, 6) is 5.82. The van der Waals surface area contributed by atoms with Gasteiger partial charge in [0.15, 0.2) is 0 Å². The molecule has 0 atom stereocenters. The zero-order valence-corrected chi connectivity index (χ0v) is 10.4. The highest BCUT2D eigenvalue weighted by Crippen LogP contribution is 2.05. The number of aromatic nitrogens is 3. The van der Waals surface area contributed by atoms with Gasteiger partial charge in [-0.25, -0.2) is 15.8 Å². The lowest BCUT2D eigenvalue weighted by Gasteiger charge is -2.06. The van der Waals surface area contributed by atoms with Gasteiger partial charge < -0.3 is 5.43 Å². The molecule has 2 heterocycles. The highest BCUT2D eigenvalue weighted by molar-refractivity contribution is 9.10. The Labute approximate surface area is 106 Å². The number of nitrogen functional groups attached to an aromatic ring is 1. The third-order valence-electron chi connectivity index (χ3n) is 2.15. The molecule has 0 bridgehead atoms. The van der Waals surface area contributed by atoms with Gasteiger partial charge in [0.2, 0.25) is 0 Å². The van der Waals surface area contributed by atoms with Crippen LogP contribution in [0.1, 0.15) is 5.69 Å². The zero-order valence-electron chi connectivity index (χ0n) is 8.80. The molecule has 2 rings (SSSR count). The summed E-state index contributed by atoms with van der Waals surface area (Å²) < 4.78 is 1.89. The van der Waals surface area contributed by atoms with Gasteiger partial charge in [-0.15, -0.1) is 0 Å². The number of nitrogens with zero attached hydrogens (tertiary/aromatic N) is 3. The molecular formula is C10H10BrN5O. The largest absolute Gasteiger partial charge is 0.308 e. The number of halogens is 1. The standard InChI is InChI=1S/C10H10BrN5O/c11-8-4-13-6-16(10(8)17)5-7-2-1-3-9(14-7)15-12/h1-4,6H,5,12H2,(H,14,15). The van der Waals surface area contributed by atoms with Crippen molar-refractivity contribution < 1.29 is 0 Å². The Morgan fingerprint density at radius 3 is 3.06 bits per heavy atom. The predicted octanol–water partition coefficient (Wildman–Crippen LogP) is 0.735. The molecule has 2 aromatic heterocycles. The van der Waals surface area contributed by atoms with E-state index in [1.165, 1.54) is 17.1 Å². The summed E-state index contributed by atoms with van der Waals surface area (Å²) in [6.07, 6.45) is 2.93. The third-order valence-corrected chi connectivity index (χ3v) is 2.69. The first-order valence-electron chi connectivity index (χ1n) is 4.83. The van der Waals surface area contributed by atoms with Crippen LogP contribution in [0.4, 0.5) is 5.82 Å². The van der Waals surface area contributed by atoms with Crippen molar-refractivity contribution in [2.75, 3.05) is 5.43 Å². The van der Waals surface area contributed by atoms with Crippen molar-refractivity contribution in [2.45, 2.75) is 6.54 Å². The summed E-state index contributed by atoms with van der Waals surface area (Å²) in [6.45, 7) is 0.348. The fraction of sp³-hybridized carbons (Fsp3) is 0.100. The first-order valence-corrected chi connectivity index (χ1v) is 5.62. The van der Waals surface area contributed by atoms with Crippen LogP contribution in [-0.2, 0) is 6.54 Å². The van der Waals surface area contributed by atoms with Gasteiger partial charge >= 0.3 is 0 Å². The first kappa shape index (κ1) is 11.7. The topological polar surface area (TPSA) is 85.8 Å². The van der Waals surface area contributed by atoms with E-state index in [2.05, 4.69) is 31.3 Å². The van der Waals surface area contributed by atoms with Crippen LogP contribution in [0.25, 0.3) is 0 Å². The van der Waals surface area contributed by atoms with E-state index in [0.717, 1.165) is 5.69 Å². The molecule has 7 heteroatoms. The minimum absolute atomic E-state index is 0.145. The van der Waals surface area contributed by atoms with Gasteiger partial charge in [-0.3, -0.25) is 9.36 Å². The van der Waals surface area contributed by atoms with Crippen LogP contribution in [-0.4, -0.2) is 14.5 Å². The van der Waals surface area contributed by atoms with E-state index in [-0.39, 0.29) is 5.56 Å². The Morgan fingerprint density at radius 2 is 2.29 bits per heavy atom. The fourth-order valence-electron chi connectivity index (χ4n) is 1.36. The summed E-state index contributed by atoms with van der Waals surface area (Å²) in [7, 11) is 0. The van der Waals surface area contributed by atoms with Crippen molar-refractivity contribution in [2.24, 2.45) is 5.84 Å². The van der Waals surface area contributed by atoms with Crippen LogP contribution in [0.5, 0.6) is 0 Å². The number of hydrogen-bond donors (Lipinski definition) is 2. The van der Waals surface area contributed by atoms with Crippen LogP contribution in [0, 0.1) is 0 Å². The summed E-state index contributed by atoms with van der Waals surface area (Å²) in [5.41, 5.74) is 3.03. The van der Waals surface area contributed by atoms with Crippen molar-refractivity contribution in [3.8, 4) is 0 Å². The van der Waals surface area contributed by atoms with Crippen LogP contribution in [0.2, 0.25) is 0 Å². The number of nitrogens with two attached hydrogens (primary N) is 1. The van der Waals surface area contributed by atoms with Crippen molar-refractivity contribution in [3.05, 3.63) is 51.2 Å². The molecule has 0 saturated heterocycles. The highest BCUT2D eigenvalue weighted by Gasteiger charge is 2.03. The first-order chi connectivity index (χ1) is 8.20. The Bertz CT molecular complexity index is 583. The maximum atomic E-state index is 11.7. The molecule has 6 nitrogen and oxygen atoms in total. The molecule has 17 heavy (non-hydrogen) atoms. The van der Waals surface area contributed by atoms with Gasteiger partial charge in [0.1, 0.15) is 10.3 Å². The molecule has 0 unspecified atom stereocenters. The Kier molecular flexibility index (Phi) is 3.50. The predicted molar refractivity (Wildman–Crippen MR) is 67.3 cm³/mol. The summed E-state index contributed by atoms with van der Waals surface area (Å²) >= 11 is 3.14. The normalized spacial score (nSPS) is 10.2. The molecule has 0 aromatic carbocycles. The summed E-state index contributed by atoms with van der Waals surface area (Å²) in [6, 6.07) is 5.37. The molecule has 0 aliphatic rings. The SMILES string of the molecule is NNc1cccc(Cn2cncc(Br)c2=O)n1. The van der Waals surface area contributed by atoms with Crippen molar-refractivity contribution >= 4 is 21.7 Å². The fourth-order valence-corrected chi connectivity index (χ4v) is 1.71. The van der Waals surface area contributed by atoms with E-state index in [4.69, 9.17) is 5.84 Å². The number of nitrogens with one attached hydrogen (secondary N) is 1. The summed E-state index contributed by atoms with van der Waals surface area (Å²) in [5, 5.41) is 0. The van der Waals surface area contributed by atoms with Gasteiger partial charge in [0, 0.05) is 6.20 Å². The maximum absolute atomic E-state index is 11.7. The summed E-state index contributed by atoms with van der Waals surface area (Å²) in [4.78, 5) is 19.9. The average Bonchev–Trinajstić information content (AvgIpc) is 2.35. The van der Waals surface area contributed by atoms with Gasteiger partial charge in [-0.1, -0.05) is 6.07 Å². The quantitative estimate of drug-likeness (QED) is 0.644. The lowest BCUT2D eigenvalue weighted by Crippen LogP contribution is -2.22. The third kappa shape index (κ3) is 2.69. The minimum Gasteiger partial charge on any atom is -0.308 e. The number of hydrazine groups is 1.